The van der Waals surface area contributed by atoms with E-state index in [1.807, 2.05) is 12.1 Å². The molecule has 0 bridgehead atoms. The van der Waals surface area contributed by atoms with Crippen LogP contribution in [0, 0.1) is 10.1 Å². The molecule has 2 N–H and O–H groups in total. The predicted molar refractivity (Wildman–Crippen MR) is 74.1 cm³/mol. The molecular formula is C14H14N2O4. The van der Waals surface area contributed by atoms with Crippen LogP contribution >= 0.6 is 0 Å². The number of methoxy groups -OCH3 is 1. The van der Waals surface area contributed by atoms with Crippen LogP contribution in [0.2, 0.25) is 0 Å². The second-order valence-corrected chi connectivity index (χ2v) is 4.04. The number of rotatable bonds is 5. The molecule has 20 heavy (non-hydrogen) atoms. The normalized spacial score (nSPS) is 10.1. The third-order valence-corrected chi connectivity index (χ3v) is 2.74. The summed E-state index contributed by atoms with van der Waals surface area (Å²) < 4.78 is 10.8. The van der Waals surface area contributed by atoms with E-state index in [1.54, 1.807) is 12.1 Å². The highest BCUT2D eigenvalue weighted by Gasteiger charge is 2.12. The lowest BCUT2D eigenvalue weighted by Crippen LogP contribution is -1.96. The third kappa shape index (κ3) is 3.04. The van der Waals surface area contributed by atoms with Crippen molar-refractivity contribution in [1.82, 2.24) is 0 Å². The van der Waals surface area contributed by atoms with Gasteiger partial charge in [-0.25, -0.2) is 0 Å². The number of hydrogen-bond donors (Lipinski definition) is 1. The van der Waals surface area contributed by atoms with Gasteiger partial charge in [0.25, 0.3) is 5.69 Å². The zero-order valence-electron chi connectivity index (χ0n) is 10.9. The molecule has 0 spiro atoms. The summed E-state index contributed by atoms with van der Waals surface area (Å²) in [6, 6.07) is 11.5. The fourth-order valence-corrected chi connectivity index (χ4v) is 1.67. The van der Waals surface area contributed by atoms with Crippen LogP contribution in [0.3, 0.4) is 0 Å². The van der Waals surface area contributed by atoms with Crippen LogP contribution in [0.25, 0.3) is 0 Å². The average molecular weight is 274 g/mol. The SMILES string of the molecule is COc1cc([N+](=O)[O-])ccc1Oc1ccc(CN)cc1. The van der Waals surface area contributed by atoms with Crippen molar-refractivity contribution in [2.75, 3.05) is 7.11 Å². The van der Waals surface area contributed by atoms with Crippen LogP contribution in [0.4, 0.5) is 5.69 Å². The van der Waals surface area contributed by atoms with Crippen molar-refractivity contribution in [1.29, 1.82) is 0 Å². The van der Waals surface area contributed by atoms with Gasteiger partial charge in [0.15, 0.2) is 11.5 Å². The van der Waals surface area contributed by atoms with Gasteiger partial charge in [-0.3, -0.25) is 10.1 Å². The number of benzene rings is 2. The quantitative estimate of drug-likeness (QED) is 0.669. The van der Waals surface area contributed by atoms with Gasteiger partial charge in [-0.15, -0.1) is 0 Å². The van der Waals surface area contributed by atoms with Crippen molar-refractivity contribution in [3.63, 3.8) is 0 Å². The maximum atomic E-state index is 10.7. The number of nitro benzene ring substituents is 1. The number of hydrogen-bond acceptors (Lipinski definition) is 5. The molecule has 0 aliphatic carbocycles. The summed E-state index contributed by atoms with van der Waals surface area (Å²) in [5.41, 5.74) is 6.46. The summed E-state index contributed by atoms with van der Waals surface area (Å²) in [5.74, 6) is 1.33. The lowest BCUT2D eigenvalue weighted by molar-refractivity contribution is -0.384. The second-order valence-electron chi connectivity index (χ2n) is 4.04. The highest BCUT2D eigenvalue weighted by Crippen LogP contribution is 2.34. The van der Waals surface area contributed by atoms with Crippen LogP contribution in [-0.4, -0.2) is 12.0 Å². The summed E-state index contributed by atoms with van der Waals surface area (Å²) in [7, 11) is 1.43. The summed E-state index contributed by atoms with van der Waals surface area (Å²) in [6.45, 7) is 0.459. The van der Waals surface area contributed by atoms with Crippen molar-refractivity contribution in [2.45, 2.75) is 6.54 Å². The smallest absolute Gasteiger partial charge is 0.273 e. The molecule has 0 radical (unpaired) electrons. The summed E-state index contributed by atoms with van der Waals surface area (Å²) >= 11 is 0. The Morgan fingerprint density at radius 2 is 1.85 bits per heavy atom. The maximum absolute atomic E-state index is 10.7. The zero-order valence-corrected chi connectivity index (χ0v) is 10.9. The van der Waals surface area contributed by atoms with Gasteiger partial charge >= 0.3 is 0 Å². The van der Waals surface area contributed by atoms with Gasteiger partial charge in [-0.1, -0.05) is 12.1 Å². The van der Waals surface area contributed by atoms with Crippen LogP contribution in [-0.2, 0) is 6.54 Å². The Morgan fingerprint density at radius 1 is 1.15 bits per heavy atom. The molecule has 0 aliphatic rings. The first-order valence-corrected chi connectivity index (χ1v) is 5.93. The Kier molecular flexibility index (Phi) is 4.17. The topological polar surface area (TPSA) is 87.6 Å². The molecule has 6 heteroatoms. The van der Waals surface area contributed by atoms with Crippen molar-refractivity contribution in [3.05, 3.63) is 58.1 Å². The first kappa shape index (κ1) is 13.8. The Balaban J connectivity index is 2.25. The number of nitrogens with zero attached hydrogens (tertiary/aromatic N) is 1. The lowest BCUT2D eigenvalue weighted by atomic mass is 10.2. The highest BCUT2D eigenvalue weighted by atomic mass is 16.6. The molecule has 104 valence electrons. The molecule has 2 aromatic rings. The fraction of sp³-hybridized carbons (Fsp3) is 0.143. The Bertz CT molecular complexity index is 611. The third-order valence-electron chi connectivity index (χ3n) is 2.74. The predicted octanol–water partition coefficient (Wildman–Crippen LogP) is 2.85. The van der Waals surface area contributed by atoms with E-state index in [4.69, 9.17) is 15.2 Å². The largest absolute Gasteiger partial charge is 0.493 e. The van der Waals surface area contributed by atoms with Gasteiger partial charge in [0.2, 0.25) is 0 Å². The fourth-order valence-electron chi connectivity index (χ4n) is 1.67. The first-order chi connectivity index (χ1) is 9.63. The van der Waals surface area contributed by atoms with Crippen molar-refractivity contribution in [3.8, 4) is 17.2 Å². The molecule has 0 aromatic heterocycles. The average Bonchev–Trinajstić information content (AvgIpc) is 2.48. The molecule has 0 aliphatic heterocycles. The zero-order chi connectivity index (χ0) is 14.5. The highest BCUT2D eigenvalue weighted by molar-refractivity contribution is 5.50. The van der Waals surface area contributed by atoms with Crippen LogP contribution in [0.5, 0.6) is 17.2 Å². The number of non-ortho nitro benzene ring substituents is 1. The number of ether oxygens (including phenoxy) is 2. The minimum absolute atomic E-state index is 0.0484. The summed E-state index contributed by atoms with van der Waals surface area (Å²) in [4.78, 5) is 10.2. The van der Waals surface area contributed by atoms with Crippen LogP contribution < -0.4 is 15.2 Å². The molecule has 0 saturated heterocycles. The molecule has 0 saturated carbocycles. The van der Waals surface area contributed by atoms with Crippen LogP contribution in [0.15, 0.2) is 42.5 Å². The van der Waals surface area contributed by atoms with E-state index >= 15 is 0 Å². The Morgan fingerprint density at radius 3 is 2.40 bits per heavy atom. The number of nitro groups is 1. The van der Waals surface area contributed by atoms with E-state index in [0.717, 1.165) is 5.56 Å². The molecule has 0 fully saturated rings. The standard InChI is InChI=1S/C14H14N2O4/c1-19-14-8-11(16(17)18)4-7-13(14)20-12-5-2-10(9-15)3-6-12/h2-8H,9,15H2,1H3. The van der Waals surface area contributed by atoms with Crippen molar-refractivity contribution in [2.24, 2.45) is 5.73 Å². The van der Waals surface area contributed by atoms with Gasteiger partial charge in [0.05, 0.1) is 18.1 Å². The Labute approximate surface area is 115 Å². The van der Waals surface area contributed by atoms with Gasteiger partial charge in [-0.2, -0.15) is 0 Å². The lowest BCUT2D eigenvalue weighted by Gasteiger charge is -2.10. The maximum Gasteiger partial charge on any atom is 0.273 e. The van der Waals surface area contributed by atoms with E-state index in [9.17, 15) is 10.1 Å². The molecule has 0 amide bonds. The second kappa shape index (κ2) is 6.03. The molecule has 0 heterocycles. The van der Waals surface area contributed by atoms with Gasteiger partial charge < -0.3 is 15.2 Å². The van der Waals surface area contributed by atoms with Gasteiger partial charge in [-0.05, 0) is 23.8 Å². The Hall–Kier alpha value is -2.60. The monoisotopic (exact) mass is 274 g/mol. The van der Waals surface area contributed by atoms with Gasteiger partial charge in [0, 0.05) is 12.6 Å². The van der Waals surface area contributed by atoms with Crippen LogP contribution in [0.1, 0.15) is 5.56 Å². The van der Waals surface area contributed by atoms with Crippen molar-refractivity contribution < 1.29 is 14.4 Å². The van der Waals surface area contributed by atoms with E-state index < -0.39 is 4.92 Å². The van der Waals surface area contributed by atoms with E-state index in [0.29, 0.717) is 23.8 Å². The van der Waals surface area contributed by atoms with E-state index in [-0.39, 0.29) is 5.69 Å². The van der Waals surface area contributed by atoms with Crippen molar-refractivity contribution >= 4 is 5.69 Å². The number of nitrogens with two attached hydrogens (primary N) is 1. The molecule has 0 unspecified atom stereocenters. The summed E-state index contributed by atoms with van der Waals surface area (Å²) in [5, 5.41) is 10.7. The van der Waals surface area contributed by atoms with E-state index in [1.165, 1.54) is 25.3 Å². The van der Waals surface area contributed by atoms with E-state index in [2.05, 4.69) is 0 Å². The molecule has 0 atom stereocenters. The minimum atomic E-state index is -0.484. The minimum Gasteiger partial charge on any atom is -0.493 e. The summed E-state index contributed by atoms with van der Waals surface area (Å²) in [6.07, 6.45) is 0. The molecule has 2 rings (SSSR count). The van der Waals surface area contributed by atoms with Gasteiger partial charge in [0.1, 0.15) is 5.75 Å². The molecular weight excluding hydrogens is 260 g/mol. The first-order valence-electron chi connectivity index (χ1n) is 5.93. The molecule has 6 nitrogen and oxygen atoms in total. The molecule has 2 aromatic carbocycles.